The third-order valence-electron chi connectivity index (χ3n) is 6.20. The van der Waals surface area contributed by atoms with Crippen LogP contribution in [0.25, 0.3) is 0 Å². The van der Waals surface area contributed by atoms with Crippen LogP contribution in [0.1, 0.15) is 51.9 Å². The van der Waals surface area contributed by atoms with Crippen molar-refractivity contribution in [1.82, 2.24) is 15.5 Å². The van der Waals surface area contributed by atoms with Gasteiger partial charge in [0.1, 0.15) is 0 Å². The van der Waals surface area contributed by atoms with E-state index in [1.54, 1.807) is 6.92 Å². The van der Waals surface area contributed by atoms with Crippen molar-refractivity contribution in [3.63, 3.8) is 0 Å². The smallest absolute Gasteiger partial charge is 0.315 e. The maximum atomic E-state index is 12.4. The van der Waals surface area contributed by atoms with E-state index in [1.165, 1.54) is 12.8 Å². The van der Waals surface area contributed by atoms with E-state index in [1.807, 2.05) is 4.90 Å². The zero-order chi connectivity index (χ0) is 16.4. The summed E-state index contributed by atoms with van der Waals surface area (Å²) < 4.78 is 0. The average molecular weight is 323 g/mol. The molecule has 1 aliphatic heterocycles. The molecule has 130 valence electrons. The Labute approximate surface area is 138 Å². The van der Waals surface area contributed by atoms with E-state index in [0.717, 1.165) is 32.1 Å². The number of fused-ring (bicyclic) bond motifs is 3. The van der Waals surface area contributed by atoms with Gasteiger partial charge >= 0.3 is 6.03 Å². The van der Waals surface area contributed by atoms with Crippen LogP contribution in [-0.2, 0) is 4.79 Å². The number of hydrogen-bond donors (Lipinski definition) is 3. The fourth-order valence-corrected chi connectivity index (χ4v) is 4.77. The van der Waals surface area contributed by atoms with Gasteiger partial charge in [0.05, 0.1) is 12.1 Å². The molecule has 1 heterocycles. The molecule has 3 aliphatic carbocycles. The molecule has 3 saturated carbocycles. The van der Waals surface area contributed by atoms with Gasteiger partial charge in [-0.15, -0.1) is 0 Å². The molecule has 4 fully saturated rings. The number of carbonyl (C=O) groups excluding carboxylic acids is 2. The molecule has 1 atom stereocenters. The Kier molecular flexibility index (Phi) is 4.80. The molecule has 0 aromatic heterocycles. The predicted octanol–water partition coefficient (Wildman–Crippen LogP) is 1.24. The van der Waals surface area contributed by atoms with Crippen LogP contribution in [0.4, 0.5) is 4.79 Å². The van der Waals surface area contributed by atoms with Crippen LogP contribution in [0, 0.1) is 11.8 Å². The molecule has 6 nitrogen and oxygen atoms in total. The number of nitrogens with zero attached hydrogens (tertiary/aromatic N) is 1. The minimum absolute atomic E-state index is 0.0321. The second-order valence-electron chi connectivity index (χ2n) is 7.61. The summed E-state index contributed by atoms with van der Waals surface area (Å²) in [7, 11) is 0. The number of hydrogen-bond acceptors (Lipinski definition) is 3. The average Bonchev–Trinajstić information content (AvgIpc) is 2.56. The predicted molar refractivity (Wildman–Crippen MR) is 86.8 cm³/mol. The van der Waals surface area contributed by atoms with Crippen LogP contribution in [0.2, 0.25) is 0 Å². The summed E-state index contributed by atoms with van der Waals surface area (Å²) in [5.74, 6) is 1.15. The van der Waals surface area contributed by atoms with E-state index >= 15 is 0 Å². The number of rotatable bonds is 3. The van der Waals surface area contributed by atoms with Gasteiger partial charge in [0.15, 0.2) is 0 Å². The van der Waals surface area contributed by atoms with E-state index < -0.39 is 5.54 Å². The second-order valence-corrected chi connectivity index (χ2v) is 7.61. The van der Waals surface area contributed by atoms with Gasteiger partial charge in [-0.1, -0.05) is 12.8 Å². The van der Waals surface area contributed by atoms with Crippen molar-refractivity contribution in [2.75, 3.05) is 19.7 Å². The van der Waals surface area contributed by atoms with Gasteiger partial charge in [-0.3, -0.25) is 4.79 Å². The molecule has 4 aliphatic rings. The Morgan fingerprint density at radius 1 is 1.13 bits per heavy atom. The maximum absolute atomic E-state index is 12.4. The lowest BCUT2D eigenvalue weighted by atomic mass is 9.60. The molecule has 4 rings (SSSR count). The normalized spacial score (nSPS) is 34.3. The van der Waals surface area contributed by atoms with E-state index in [-0.39, 0.29) is 24.6 Å². The van der Waals surface area contributed by atoms with E-state index in [2.05, 4.69) is 10.6 Å². The monoisotopic (exact) mass is 323 g/mol. The van der Waals surface area contributed by atoms with Crippen LogP contribution in [0.3, 0.4) is 0 Å². The van der Waals surface area contributed by atoms with E-state index in [0.29, 0.717) is 24.9 Å². The maximum Gasteiger partial charge on any atom is 0.315 e. The minimum atomic E-state index is -0.425. The fraction of sp³-hybridized carbons (Fsp3) is 0.882. The van der Waals surface area contributed by atoms with Crippen molar-refractivity contribution in [1.29, 1.82) is 0 Å². The van der Waals surface area contributed by atoms with Crippen molar-refractivity contribution in [2.24, 2.45) is 11.8 Å². The summed E-state index contributed by atoms with van der Waals surface area (Å²) in [6.07, 6.45) is 7.20. The number of aliphatic hydroxyl groups is 1. The first-order chi connectivity index (χ1) is 11.0. The Morgan fingerprint density at radius 2 is 1.78 bits per heavy atom. The first kappa shape index (κ1) is 16.6. The molecule has 1 saturated heterocycles. The highest BCUT2D eigenvalue weighted by atomic mass is 16.3. The topological polar surface area (TPSA) is 81.7 Å². The largest absolute Gasteiger partial charge is 0.394 e. The lowest BCUT2D eigenvalue weighted by Gasteiger charge is -2.51. The second kappa shape index (κ2) is 6.67. The first-order valence-electron chi connectivity index (χ1n) is 8.97. The summed E-state index contributed by atoms with van der Waals surface area (Å²) in [5, 5.41) is 16.1. The number of amides is 3. The number of piperidine rings is 1. The summed E-state index contributed by atoms with van der Waals surface area (Å²) in [6, 6.07) is -0.0463. The van der Waals surface area contributed by atoms with Crippen molar-refractivity contribution < 1.29 is 14.7 Å². The molecule has 0 aromatic carbocycles. The number of urea groups is 1. The summed E-state index contributed by atoms with van der Waals surface area (Å²) >= 11 is 0. The van der Waals surface area contributed by atoms with E-state index in [9.17, 15) is 14.7 Å². The Bertz CT molecular complexity index is 454. The molecule has 2 bridgehead atoms. The molecule has 0 radical (unpaired) electrons. The molecule has 0 spiro atoms. The van der Waals surface area contributed by atoms with Gasteiger partial charge in [-0.2, -0.15) is 0 Å². The molecule has 6 heteroatoms. The quantitative estimate of drug-likeness (QED) is 0.731. The van der Waals surface area contributed by atoms with Crippen LogP contribution in [0.5, 0.6) is 0 Å². The number of aliphatic hydroxyl groups excluding tert-OH is 1. The number of carbonyl (C=O) groups is 2. The van der Waals surface area contributed by atoms with Crippen molar-refractivity contribution in [3.8, 4) is 0 Å². The molecule has 1 unspecified atom stereocenters. The van der Waals surface area contributed by atoms with Crippen LogP contribution in [0.15, 0.2) is 0 Å². The Balaban J connectivity index is 1.52. The lowest BCUT2D eigenvalue weighted by molar-refractivity contribution is -0.129. The third kappa shape index (κ3) is 3.47. The van der Waals surface area contributed by atoms with Crippen LogP contribution in [-0.4, -0.2) is 53.2 Å². The third-order valence-corrected chi connectivity index (χ3v) is 6.20. The molecular weight excluding hydrogens is 294 g/mol. The van der Waals surface area contributed by atoms with Gasteiger partial charge in [0, 0.05) is 26.1 Å². The molecule has 23 heavy (non-hydrogen) atoms. The number of nitrogens with one attached hydrogen (secondary N) is 2. The molecule has 0 aromatic rings. The van der Waals surface area contributed by atoms with Crippen molar-refractivity contribution in [2.45, 2.75) is 63.5 Å². The van der Waals surface area contributed by atoms with Gasteiger partial charge < -0.3 is 20.6 Å². The Morgan fingerprint density at radius 3 is 2.26 bits per heavy atom. The SMILES string of the molecule is CC(=O)N1CCC(NC(=O)NC2(CO)CC3CCC2CC3)CC1. The fourth-order valence-electron chi connectivity index (χ4n) is 4.77. The van der Waals surface area contributed by atoms with Gasteiger partial charge in [-0.25, -0.2) is 4.79 Å². The minimum Gasteiger partial charge on any atom is -0.394 e. The van der Waals surface area contributed by atoms with Gasteiger partial charge in [0.25, 0.3) is 0 Å². The van der Waals surface area contributed by atoms with Crippen LogP contribution < -0.4 is 10.6 Å². The summed E-state index contributed by atoms with van der Waals surface area (Å²) in [4.78, 5) is 25.6. The zero-order valence-electron chi connectivity index (χ0n) is 14.0. The lowest BCUT2D eigenvalue weighted by Crippen LogP contribution is -2.64. The molecule has 3 N–H and O–H groups in total. The number of likely N-dealkylation sites (tertiary alicyclic amines) is 1. The van der Waals surface area contributed by atoms with E-state index in [4.69, 9.17) is 0 Å². The standard InChI is InChI=1S/C17H29N3O3/c1-12(22)20-8-6-15(7-9-20)18-16(23)19-17(11-21)10-13-2-4-14(17)5-3-13/h13-15,21H,2-11H2,1H3,(H2,18,19,23). The van der Waals surface area contributed by atoms with Crippen LogP contribution >= 0.6 is 0 Å². The molecular formula is C17H29N3O3. The van der Waals surface area contributed by atoms with Gasteiger partial charge in [0.2, 0.25) is 5.91 Å². The molecule has 3 amide bonds. The van der Waals surface area contributed by atoms with Gasteiger partial charge in [-0.05, 0) is 43.9 Å². The summed E-state index contributed by atoms with van der Waals surface area (Å²) in [5.41, 5.74) is -0.425. The zero-order valence-corrected chi connectivity index (χ0v) is 14.0. The Hall–Kier alpha value is -1.30. The van der Waals surface area contributed by atoms with Crippen molar-refractivity contribution in [3.05, 3.63) is 0 Å². The van der Waals surface area contributed by atoms with Crippen molar-refractivity contribution >= 4 is 11.9 Å². The highest BCUT2D eigenvalue weighted by Crippen LogP contribution is 2.47. The highest BCUT2D eigenvalue weighted by molar-refractivity contribution is 5.75. The summed E-state index contributed by atoms with van der Waals surface area (Å²) in [6.45, 7) is 3.03. The highest BCUT2D eigenvalue weighted by Gasteiger charge is 2.48. The first-order valence-corrected chi connectivity index (χ1v) is 8.97.